The Labute approximate surface area is 186 Å². The molecule has 2 aliphatic rings. The molecule has 1 amide bonds. The van der Waals surface area contributed by atoms with Crippen LogP contribution in [0.4, 0.5) is 5.69 Å². The Hall–Kier alpha value is -2.53. The van der Waals surface area contributed by atoms with Crippen molar-refractivity contribution in [2.75, 3.05) is 38.1 Å². The Morgan fingerprint density at radius 3 is 2.48 bits per heavy atom. The minimum Gasteiger partial charge on any atom is -0.491 e. The molecule has 1 saturated heterocycles. The average molecular weight is 422 g/mol. The van der Waals surface area contributed by atoms with Crippen LogP contribution in [0.25, 0.3) is 0 Å². The van der Waals surface area contributed by atoms with E-state index in [9.17, 15) is 4.79 Å². The second-order valence-corrected chi connectivity index (χ2v) is 9.07. The lowest BCUT2D eigenvalue weighted by atomic mass is 9.98. The van der Waals surface area contributed by atoms with Crippen LogP contribution in [0.5, 0.6) is 5.75 Å². The summed E-state index contributed by atoms with van der Waals surface area (Å²) in [4.78, 5) is 17.7. The number of amides is 1. The van der Waals surface area contributed by atoms with Crippen molar-refractivity contribution < 1.29 is 9.53 Å². The van der Waals surface area contributed by atoms with Gasteiger partial charge >= 0.3 is 0 Å². The topological polar surface area (TPSA) is 44.8 Å². The summed E-state index contributed by atoms with van der Waals surface area (Å²) < 4.78 is 5.69. The first kappa shape index (κ1) is 21.7. The molecule has 0 unspecified atom stereocenters. The number of fused-ring (bicyclic) bond motifs is 1. The lowest BCUT2D eigenvalue weighted by molar-refractivity contribution is 0.0924. The minimum absolute atomic E-state index is 0.0287. The molecule has 0 saturated carbocycles. The Kier molecular flexibility index (Phi) is 6.81. The van der Waals surface area contributed by atoms with Gasteiger partial charge in [-0.1, -0.05) is 18.6 Å². The van der Waals surface area contributed by atoms with Gasteiger partial charge in [0.25, 0.3) is 5.91 Å². The molecule has 0 bridgehead atoms. The summed E-state index contributed by atoms with van der Waals surface area (Å²) in [5.41, 5.74) is 4.75. The number of carbonyl (C=O) groups is 1. The molecule has 0 aromatic heterocycles. The van der Waals surface area contributed by atoms with Gasteiger partial charge in [-0.05, 0) is 87.7 Å². The van der Waals surface area contributed by atoms with E-state index in [0.717, 1.165) is 31.8 Å². The van der Waals surface area contributed by atoms with Crippen LogP contribution in [-0.2, 0) is 6.42 Å². The van der Waals surface area contributed by atoms with E-state index < -0.39 is 0 Å². The molecular weight excluding hydrogens is 386 g/mol. The Bertz CT molecular complexity index is 888. The van der Waals surface area contributed by atoms with Gasteiger partial charge < -0.3 is 15.0 Å². The van der Waals surface area contributed by atoms with Crippen molar-refractivity contribution in [2.24, 2.45) is 0 Å². The standard InChI is InChI=1S/C26H35N3O2/c1-19(2)31-23-10-7-20(8-11-23)26(30)27-18-25(29-14-5-4-6-15-29)21-9-12-24-22(17-21)13-16-28(24)3/h7-12,17,19,25H,4-6,13-16,18H2,1-3H3,(H,27,30)/t25-/m0/s1. The van der Waals surface area contributed by atoms with Gasteiger partial charge in [0.2, 0.25) is 0 Å². The highest BCUT2D eigenvalue weighted by Crippen LogP contribution is 2.32. The zero-order valence-electron chi connectivity index (χ0n) is 19.1. The highest BCUT2D eigenvalue weighted by molar-refractivity contribution is 5.94. The average Bonchev–Trinajstić information content (AvgIpc) is 3.15. The summed E-state index contributed by atoms with van der Waals surface area (Å²) in [6.45, 7) is 7.90. The van der Waals surface area contributed by atoms with E-state index in [2.05, 4.69) is 40.4 Å². The maximum absolute atomic E-state index is 12.8. The molecule has 5 heteroatoms. The number of likely N-dealkylation sites (N-methyl/N-ethyl adjacent to an activating group) is 1. The normalized spacial score (nSPS) is 17.5. The van der Waals surface area contributed by atoms with Crippen molar-refractivity contribution in [1.82, 2.24) is 10.2 Å². The van der Waals surface area contributed by atoms with E-state index in [-0.39, 0.29) is 18.1 Å². The molecule has 2 aromatic rings. The SMILES string of the molecule is CC(C)Oc1ccc(C(=O)NC[C@@H](c2ccc3c(c2)CCN3C)N2CCCCC2)cc1. The number of hydrogen-bond acceptors (Lipinski definition) is 4. The minimum atomic E-state index is -0.0287. The molecule has 5 nitrogen and oxygen atoms in total. The fourth-order valence-electron chi connectivity index (χ4n) is 4.73. The molecule has 0 aliphatic carbocycles. The van der Waals surface area contributed by atoms with Crippen LogP contribution in [0.2, 0.25) is 0 Å². The molecule has 1 N–H and O–H groups in total. The zero-order valence-corrected chi connectivity index (χ0v) is 19.1. The van der Waals surface area contributed by atoms with E-state index in [1.807, 2.05) is 38.1 Å². The first-order chi connectivity index (χ1) is 15.0. The molecule has 0 spiro atoms. The van der Waals surface area contributed by atoms with Gasteiger partial charge in [0.05, 0.1) is 12.1 Å². The van der Waals surface area contributed by atoms with E-state index in [0.29, 0.717) is 12.1 Å². The van der Waals surface area contributed by atoms with Crippen molar-refractivity contribution in [1.29, 1.82) is 0 Å². The van der Waals surface area contributed by atoms with E-state index >= 15 is 0 Å². The molecule has 1 atom stereocenters. The molecule has 2 aromatic carbocycles. The number of anilines is 1. The Morgan fingerprint density at radius 1 is 1.03 bits per heavy atom. The summed E-state index contributed by atoms with van der Waals surface area (Å²) in [7, 11) is 2.16. The van der Waals surface area contributed by atoms with Crippen LogP contribution >= 0.6 is 0 Å². The van der Waals surface area contributed by atoms with Crippen LogP contribution in [0.3, 0.4) is 0 Å². The molecule has 166 valence electrons. The predicted octanol–water partition coefficient (Wildman–Crippen LogP) is 4.42. The number of rotatable bonds is 7. The number of benzene rings is 2. The lowest BCUT2D eigenvalue weighted by Crippen LogP contribution is -2.40. The molecule has 2 aliphatic heterocycles. The number of piperidine rings is 1. The van der Waals surface area contributed by atoms with Gasteiger partial charge in [-0.2, -0.15) is 0 Å². The van der Waals surface area contributed by atoms with Crippen molar-refractivity contribution in [3.63, 3.8) is 0 Å². The lowest BCUT2D eigenvalue weighted by Gasteiger charge is -2.35. The first-order valence-electron chi connectivity index (χ1n) is 11.6. The Balaban J connectivity index is 1.47. The molecule has 4 rings (SSSR count). The molecular formula is C26H35N3O2. The van der Waals surface area contributed by atoms with Gasteiger partial charge in [-0.25, -0.2) is 0 Å². The van der Waals surface area contributed by atoms with Gasteiger partial charge in [-0.3, -0.25) is 9.69 Å². The van der Waals surface area contributed by atoms with Gasteiger partial charge in [-0.15, -0.1) is 0 Å². The maximum atomic E-state index is 12.8. The third-order valence-corrected chi connectivity index (χ3v) is 6.39. The smallest absolute Gasteiger partial charge is 0.251 e. The maximum Gasteiger partial charge on any atom is 0.251 e. The van der Waals surface area contributed by atoms with Crippen LogP contribution in [0.15, 0.2) is 42.5 Å². The van der Waals surface area contributed by atoms with Crippen molar-refractivity contribution in [3.8, 4) is 5.75 Å². The van der Waals surface area contributed by atoms with Crippen molar-refractivity contribution >= 4 is 11.6 Å². The summed E-state index contributed by atoms with van der Waals surface area (Å²) >= 11 is 0. The zero-order chi connectivity index (χ0) is 21.8. The predicted molar refractivity (Wildman–Crippen MR) is 126 cm³/mol. The summed E-state index contributed by atoms with van der Waals surface area (Å²) in [6.07, 6.45) is 4.99. The first-order valence-corrected chi connectivity index (χ1v) is 11.6. The van der Waals surface area contributed by atoms with Crippen LogP contribution < -0.4 is 15.0 Å². The fourth-order valence-corrected chi connectivity index (χ4v) is 4.73. The molecule has 1 fully saturated rings. The molecule has 31 heavy (non-hydrogen) atoms. The highest BCUT2D eigenvalue weighted by atomic mass is 16.5. The largest absolute Gasteiger partial charge is 0.491 e. The monoisotopic (exact) mass is 421 g/mol. The van der Waals surface area contributed by atoms with E-state index in [1.54, 1.807) is 0 Å². The summed E-state index contributed by atoms with van der Waals surface area (Å²) in [5.74, 6) is 0.764. The number of hydrogen-bond donors (Lipinski definition) is 1. The quantitative estimate of drug-likeness (QED) is 0.719. The third-order valence-electron chi connectivity index (χ3n) is 6.39. The van der Waals surface area contributed by atoms with Gasteiger partial charge in [0.15, 0.2) is 0 Å². The second kappa shape index (κ2) is 9.73. The summed E-state index contributed by atoms with van der Waals surface area (Å²) in [6, 6.07) is 14.5. The number of likely N-dealkylation sites (tertiary alicyclic amines) is 1. The fraction of sp³-hybridized carbons (Fsp3) is 0.500. The second-order valence-electron chi connectivity index (χ2n) is 9.07. The van der Waals surface area contributed by atoms with Crippen molar-refractivity contribution in [2.45, 2.75) is 51.7 Å². The van der Waals surface area contributed by atoms with E-state index in [4.69, 9.17) is 4.74 Å². The number of nitrogens with one attached hydrogen (secondary N) is 1. The Morgan fingerprint density at radius 2 is 1.77 bits per heavy atom. The number of ether oxygens (including phenoxy) is 1. The number of carbonyl (C=O) groups excluding carboxylic acids is 1. The van der Waals surface area contributed by atoms with Crippen LogP contribution in [-0.4, -0.2) is 50.1 Å². The van der Waals surface area contributed by atoms with Gasteiger partial charge in [0, 0.05) is 31.4 Å². The van der Waals surface area contributed by atoms with E-state index in [1.165, 1.54) is 36.1 Å². The number of nitrogens with zero attached hydrogens (tertiary/aromatic N) is 2. The molecule has 0 radical (unpaired) electrons. The van der Waals surface area contributed by atoms with Crippen LogP contribution in [0, 0.1) is 0 Å². The summed E-state index contributed by atoms with van der Waals surface area (Å²) in [5, 5.41) is 3.20. The third kappa shape index (κ3) is 5.21. The molecule has 2 heterocycles. The van der Waals surface area contributed by atoms with Crippen LogP contribution in [0.1, 0.15) is 60.6 Å². The van der Waals surface area contributed by atoms with Crippen molar-refractivity contribution in [3.05, 3.63) is 59.2 Å². The highest BCUT2D eigenvalue weighted by Gasteiger charge is 2.25. The van der Waals surface area contributed by atoms with Gasteiger partial charge in [0.1, 0.15) is 5.75 Å².